The van der Waals surface area contributed by atoms with E-state index in [9.17, 15) is 4.79 Å². The number of benzene rings is 1. The van der Waals surface area contributed by atoms with Gasteiger partial charge in [0.2, 0.25) is 0 Å². The van der Waals surface area contributed by atoms with Gasteiger partial charge in [-0.2, -0.15) is 0 Å². The average molecular weight is 318 g/mol. The lowest BCUT2D eigenvalue weighted by Gasteiger charge is -2.24. The number of rotatable bonds is 5. The van der Waals surface area contributed by atoms with Gasteiger partial charge in [-0.05, 0) is 17.7 Å². The Kier molecular flexibility index (Phi) is 5.59. The molecule has 0 radical (unpaired) electrons. The lowest BCUT2D eigenvalue weighted by atomic mass is 10.2. The maximum Gasteiger partial charge on any atom is 0.273 e. The first-order chi connectivity index (χ1) is 10.2. The second kappa shape index (κ2) is 7.66. The van der Waals surface area contributed by atoms with Gasteiger partial charge in [-0.1, -0.05) is 54.8 Å². The van der Waals surface area contributed by atoms with Gasteiger partial charge < -0.3 is 4.42 Å². The molecule has 108 valence electrons. The third-order valence-corrected chi connectivity index (χ3v) is 3.32. The van der Waals surface area contributed by atoms with Gasteiger partial charge in [-0.25, -0.2) is 0 Å². The van der Waals surface area contributed by atoms with Gasteiger partial charge in [-0.15, -0.1) is 0 Å². The smallest absolute Gasteiger partial charge is 0.273 e. The van der Waals surface area contributed by atoms with Crippen LogP contribution >= 0.6 is 24.4 Å². The molecular weight excluding hydrogens is 304 g/mol. The second-order valence-electron chi connectivity index (χ2n) is 4.32. The molecule has 1 amide bonds. The largest absolute Gasteiger partial charge is 0.469 e. The normalized spacial score (nSPS) is 9.90. The van der Waals surface area contributed by atoms with E-state index < -0.39 is 0 Å². The maximum atomic E-state index is 11.5. The van der Waals surface area contributed by atoms with Crippen molar-refractivity contribution in [2.75, 3.05) is 0 Å². The van der Waals surface area contributed by atoms with Crippen LogP contribution in [0.2, 0.25) is 0 Å². The number of furan rings is 1. The Hall–Kier alpha value is -2.05. The molecule has 6 heteroatoms. The van der Waals surface area contributed by atoms with Gasteiger partial charge in [0.05, 0.1) is 24.6 Å². The molecule has 1 heterocycles. The molecule has 2 aromatic rings. The van der Waals surface area contributed by atoms with E-state index in [1.54, 1.807) is 17.3 Å². The zero-order valence-electron chi connectivity index (χ0n) is 11.2. The molecule has 4 nitrogen and oxygen atoms in total. The van der Waals surface area contributed by atoms with E-state index in [0.717, 1.165) is 16.7 Å². The van der Waals surface area contributed by atoms with Crippen LogP contribution < -0.4 is 5.43 Å². The highest BCUT2D eigenvalue weighted by molar-refractivity contribution is 7.80. The van der Waals surface area contributed by atoms with Gasteiger partial charge in [0.1, 0.15) is 10.7 Å². The Morgan fingerprint density at radius 3 is 2.62 bits per heavy atom. The van der Waals surface area contributed by atoms with Crippen LogP contribution in [0.3, 0.4) is 0 Å². The first-order valence-corrected chi connectivity index (χ1v) is 7.19. The van der Waals surface area contributed by atoms with Gasteiger partial charge in [0, 0.05) is 0 Å². The molecule has 21 heavy (non-hydrogen) atoms. The van der Waals surface area contributed by atoms with Crippen molar-refractivity contribution < 1.29 is 9.21 Å². The van der Waals surface area contributed by atoms with Crippen molar-refractivity contribution in [2.24, 2.45) is 0 Å². The molecule has 1 aromatic heterocycles. The van der Waals surface area contributed by atoms with E-state index in [1.807, 2.05) is 36.4 Å². The number of carbonyl (C=O) groups is 1. The van der Waals surface area contributed by atoms with E-state index in [2.05, 4.69) is 17.6 Å². The monoisotopic (exact) mass is 318 g/mol. The average Bonchev–Trinajstić information content (AvgIpc) is 3.00. The van der Waals surface area contributed by atoms with Crippen molar-refractivity contribution >= 4 is 40.7 Å². The summed E-state index contributed by atoms with van der Waals surface area (Å²) in [6, 6.07) is 13.4. The van der Waals surface area contributed by atoms with Crippen molar-refractivity contribution in [3.05, 3.63) is 60.1 Å². The van der Waals surface area contributed by atoms with E-state index in [1.165, 1.54) is 0 Å². The van der Waals surface area contributed by atoms with E-state index in [-0.39, 0.29) is 5.91 Å². The number of thiocarbonyl (C=S) groups is 2. The third-order valence-electron chi connectivity index (χ3n) is 2.74. The molecule has 1 N–H and O–H groups in total. The molecule has 0 saturated carbocycles. The van der Waals surface area contributed by atoms with Crippen molar-refractivity contribution in [3.63, 3.8) is 0 Å². The fourth-order valence-corrected chi connectivity index (χ4v) is 2.08. The molecule has 0 atom stereocenters. The van der Waals surface area contributed by atoms with E-state index in [0.29, 0.717) is 18.0 Å². The number of hydrogen-bond donors (Lipinski definition) is 1. The summed E-state index contributed by atoms with van der Waals surface area (Å²) in [6.45, 7) is 0.468. The molecule has 0 bridgehead atoms. The standard InChI is InChI=1S/C15H14N2O2S2/c18-14(11-20)16-17(10-12-5-2-1-3-6-12)15(21)9-13-7-4-8-19-13/h1-8,11H,9-10H2,(H,16,18). The predicted molar refractivity (Wildman–Crippen MR) is 88.8 cm³/mol. The van der Waals surface area contributed by atoms with Gasteiger partial charge in [-0.3, -0.25) is 15.2 Å². The number of hydrogen-bond acceptors (Lipinski definition) is 4. The van der Waals surface area contributed by atoms with Crippen LogP contribution in [0.25, 0.3) is 0 Å². The molecule has 0 fully saturated rings. The number of amides is 1. The zero-order chi connectivity index (χ0) is 15.1. The maximum absolute atomic E-state index is 11.5. The van der Waals surface area contributed by atoms with E-state index >= 15 is 0 Å². The molecule has 0 aliphatic rings. The summed E-state index contributed by atoms with van der Waals surface area (Å²) in [6.07, 6.45) is 2.03. The van der Waals surface area contributed by atoms with Crippen LogP contribution in [0.15, 0.2) is 53.1 Å². The van der Waals surface area contributed by atoms with Crippen molar-refractivity contribution in [3.8, 4) is 0 Å². The lowest BCUT2D eigenvalue weighted by Crippen LogP contribution is -2.45. The predicted octanol–water partition coefficient (Wildman–Crippen LogP) is 2.68. The highest BCUT2D eigenvalue weighted by Crippen LogP contribution is 2.08. The minimum atomic E-state index is -0.372. The minimum Gasteiger partial charge on any atom is -0.469 e. The van der Waals surface area contributed by atoms with Crippen LogP contribution in [0.5, 0.6) is 0 Å². The van der Waals surface area contributed by atoms with E-state index in [4.69, 9.17) is 16.6 Å². The lowest BCUT2D eigenvalue weighted by molar-refractivity contribution is -0.117. The van der Waals surface area contributed by atoms with Crippen LogP contribution in [0, 0.1) is 0 Å². The quantitative estimate of drug-likeness (QED) is 0.678. The number of hydrazine groups is 1. The molecule has 0 saturated heterocycles. The molecule has 0 spiro atoms. The van der Waals surface area contributed by atoms with Gasteiger partial charge >= 0.3 is 0 Å². The van der Waals surface area contributed by atoms with Crippen molar-refractivity contribution in [2.45, 2.75) is 13.0 Å². The second-order valence-corrected chi connectivity index (χ2v) is 5.02. The Labute approximate surface area is 133 Å². The Morgan fingerprint density at radius 2 is 2.00 bits per heavy atom. The molecule has 1 aromatic carbocycles. The fraction of sp³-hybridized carbons (Fsp3) is 0.133. The highest BCUT2D eigenvalue weighted by atomic mass is 32.1. The molecule has 0 unspecified atom stereocenters. The summed E-state index contributed by atoms with van der Waals surface area (Å²) in [5.41, 5.74) is 3.71. The molecule has 0 aliphatic heterocycles. The molecular formula is C15H14N2O2S2. The highest BCUT2D eigenvalue weighted by Gasteiger charge is 2.14. The fourth-order valence-electron chi connectivity index (χ4n) is 1.77. The Bertz CT molecular complexity index is 612. The van der Waals surface area contributed by atoms with Crippen LogP contribution in [0.1, 0.15) is 11.3 Å². The summed E-state index contributed by atoms with van der Waals surface area (Å²) in [7, 11) is 0. The third kappa shape index (κ3) is 4.77. The topological polar surface area (TPSA) is 45.5 Å². The summed E-state index contributed by atoms with van der Waals surface area (Å²) in [5, 5.41) is 2.66. The molecule has 0 aliphatic carbocycles. The van der Waals surface area contributed by atoms with Gasteiger partial charge in [0.15, 0.2) is 0 Å². The minimum absolute atomic E-state index is 0.372. The number of carbonyl (C=O) groups excluding carboxylic acids is 1. The first-order valence-electron chi connectivity index (χ1n) is 6.31. The molecule has 2 rings (SSSR count). The van der Waals surface area contributed by atoms with Crippen LogP contribution in [0.4, 0.5) is 0 Å². The van der Waals surface area contributed by atoms with Gasteiger partial charge in [0.25, 0.3) is 5.91 Å². The first kappa shape index (κ1) is 15.3. The van der Waals surface area contributed by atoms with Crippen molar-refractivity contribution in [1.82, 2.24) is 10.4 Å². The number of nitrogens with zero attached hydrogens (tertiary/aromatic N) is 1. The Morgan fingerprint density at radius 1 is 1.24 bits per heavy atom. The summed E-state index contributed by atoms with van der Waals surface area (Å²) in [4.78, 5) is 12.1. The number of nitrogens with one attached hydrogen (secondary N) is 1. The van der Waals surface area contributed by atoms with Crippen LogP contribution in [-0.2, 0) is 17.8 Å². The van der Waals surface area contributed by atoms with Crippen LogP contribution in [-0.4, -0.2) is 21.3 Å². The zero-order valence-corrected chi connectivity index (χ0v) is 12.8. The Balaban J connectivity index is 2.09. The SMILES string of the molecule is O=C(C=S)NN(Cc1ccccc1)C(=S)Cc1ccco1. The summed E-state index contributed by atoms with van der Waals surface area (Å²) in [5.74, 6) is 0.373. The summed E-state index contributed by atoms with van der Waals surface area (Å²) >= 11 is 10.0. The summed E-state index contributed by atoms with van der Waals surface area (Å²) < 4.78 is 5.28. The van der Waals surface area contributed by atoms with Crippen molar-refractivity contribution in [1.29, 1.82) is 0 Å².